The lowest BCUT2D eigenvalue weighted by molar-refractivity contribution is -0.140. The minimum absolute atomic E-state index is 0.0173. The Kier molecular flexibility index (Phi) is 6.38. The third-order valence-corrected chi connectivity index (χ3v) is 4.58. The van der Waals surface area contributed by atoms with Crippen LogP contribution in [0.25, 0.3) is 0 Å². The number of hydrogen-bond acceptors (Lipinski definition) is 6. The predicted octanol–water partition coefficient (Wildman–Crippen LogP) is 2.59. The number of thiophene rings is 1. The molecule has 1 unspecified atom stereocenters. The van der Waals surface area contributed by atoms with E-state index in [1.165, 1.54) is 11.3 Å². The van der Waals surface area contributed by atoms with Crippen LogP contribution >= 0.6 is 11.3 Å². The van der Waals surface area contributed by atoms with Gasteiger partial charge in [0.1, 0.15) is 11.5 Å². The van der Waals surface area contributed by atoms with Crippen molar-refractivity contribution < 1.29 is 19.4 Å². The molecule has 0 amide bonds. The van der Waals surface area contributed by atoms with Gasteiger partial charge in [-0.15, -0.1) is 11.3 Å². The predicted molar refractivity (Wildman–Crippen MR) is 84.4 cm³/mol. The molecule has 1 heterocycles. The fraction of sp³-hybridized carbons (Fsp3) is 0.533. The van der Waals surface area contributed by atoms with E-state index in [0.29, 0.717) is 10.6 Å². The Morgan fingerprint density at radius 1 is 1.45 bits per heavy atom. The lowest BCUT2D eigenvalue weighted by atomic mass is 10.1. The van der Waals surface area contributed by atoms with E-state index in [4.69, 9.17) is 15.1 Å². The van der Waals surface area contributed by atoms with Crippen molar-refractivity contribution in [2.24, 2.45) is 5.92 Å². The SMILES string of the molecule is CCOC(=O)c1c(N(CC#N)CC(C)C(=O)O)sc(C)c1C. The van der Waals surface area contributed by atoms with Crippen LogP contribution in [0.15, 0.2) is 0 Å². The standard InChI is InChI=1S/C15H20N2O4S/c1-5-21-15(20)12-10(3)11(4)22-13(12)17(7-6-16)8-9(2)14(18)19/h9H,5,7-8H2,1-4H3,(H,18,19). The lowest BCUT2D eigenvalue weighted by Crippen LogP contribution is -2.32. The smallest absolute Gasteiger partial charge is 0.341 e. The quantitative estimate of drug-likeness (QED) is 0.612. The molecule has 0 aliphatic rings. The molecule has 1 rings (SSSR count). The summed E-state index contributed by atoms with van der Waals surface area (Å²) in [7, 11) is 0. The lowest BCUT2D eigenvalue weighted by Gasteiger charge is -2.23. The summed E-state index contributed by atoms with van der Waals surface area (Å²) in [4.78, 5) is 25.8. The first-order valence-corrected chi connectivity index (χ1v) is 7.76. The van der Waals surface area contributed by atoms with Gasteiger partial charge in [-0.05, 0) is 26.3 Å². The number of nitrogens with zero attached hydrogens (tertiary/aromatic N) is 2. The van der Waals surface area contributed by atoms with Crippen molar-refractivity contribution in [1.82, 2.24) is 0 Å². The topological polar surface area (TPSA) is 90.6 Å². The number of rotatable bonds is 7. The van der Waals surface area contributed by atoms with E-state index in [2.05, 4.69) is 0 Å². The summed E-state index contributed by atoms with van der Waals surface area (Å²) in [6.07, 6.45) is 0. The molecule has 1 N–H and O–H groups in total. The Bertz CT molecular complexity index is 603. The van der Waals surface area contributed by atoms with Crippen LogP contribution in [-0.4, -0.2) is 36.7 Å². The van der Waals surface area contributed by atoms with Crippen molar-refractivity contribution in [3.05, 3.63) is 16.0 Å². The summed E-state index contributed by atoms with van der Waals surface area (Å²) in [5.41, 5.74) is 1.24. The highest BCUT2D eigenvalue weighted by Crippen LogP contribution is 2.36. The van der Waals surface area contributed by atoms with Crippen LogP contribution in [0.5, 0.6) is 0 Å². The molecule has 0 aliphatic carbocycles. The van der Waals surface area contributed by atoms with Crippen LogP contribution < -0.4 is 4.90 Å². The molecule has 1 aromatic rings. The summed E-state index contributed by atoms with van der Waals surface area (Å²) >= 11 is 1.38. The summed E-state index contributed by atoms with van der Waals surface area (Å²) < 4.78 is 5.09. The molecule has 0 fully saturated rings. The van der Waals surface area contributed by atoms with Crippen molar-refractivity contribution in [2.45, 2.75) is 27.7 Å². The van der Waals surface area contributed by atoms with E-state index in [1.54, 1.807) is 18.7 Å². The molecule has 0 saturated heterocycles. The van der Waals surface area contributed by atoms with Gasteiger partial charge in [0, 0.05) is 11.4 Å². The fourth-order valence-electron chi connectivity index (χ4n) is 1.99. The van der Waals surface area contributed by atoms with Crippen LogP contribution in [0.2, 0.25) is 0 Å². The Labute approximate surface area is 133 Å². The van der Waals surface area contributed by atoms with Gasteiger partial charge in [-0.3, -0.25) is 4.79 Å². The molecule has 0 radical (unpaired) electrons. The highest BCUT2D eigenvalue weighted by Gasteiger charge is 2.26. The van der Waals surface area contributed by atoms with E-state index in [-0.39, 0.29) is 19.7 Å². The van der Waals surface area contributed by atoms with E-state index >= 15 is 0 Å². The summed E-state index contributed by atoms with van der Waals surface area (Å²) in [5.74, 6) is -2.03. The first-order chi connectivity index (χ1) is 10.3. The van der Waals surface area contributed by atoms with Crippen LogP contribution in [0, 0.1) is 31.1 Å². The first-order valence-electron chi connectivity index (χ1n) is 6.95. The first kappa shape index (κ1) is 18.0. The highest BCUT2D eigenvalue weighted by molar-refractivity contribution is 7.16. The van der Waals surface area contributed by atoms with Crippen LogP contribution in [-0.2, 0) is 9.53 Å². The molecule has 0 aliphatic heterocycles. The van der Waals surface area contributed by atoms with Gasteiger partial charge < -0.3 is 14.7 Å². The monoisotopic (exact) mass is 324 g/mol. The zero-order valence-electron chi connectivity index (χ0n) is 13.2. The Morgan fingerprint density at radius 3 is 2.59 bits per heavy atom. The number of esters is 1. The fourth-order valence-corrected chi connectivity index (χ4v) is 3.14. The second-order valence-corrected chi connectivity index (χ2v) is 6.16. The summed E-state index contributed by atoms with van der Waals surface area (Å²) in [6.45, 7) is 7.45. The number of nitriles is 1. The average molecular weight is 324 g/mol. The zero-order chi connectivity index (χ0) is 16.9. The number of carbonyl (C=O) groups excluding carboxylic acids is 1. The zero-order valence-corrected chi connectivity index (χ0v) is 14.0. The second-order valence-electron chi connectivity index (χ2n) is 4.96. The molecule has 0 saturated carbocycles. The maximum absolute atomic E-state index is 12.2. The number of carboxylic acids is 1. The number of aryl methyl sites for hydroxylation is 1. The van der Waals surface area contributed by atoms with Gasteiger partial charge in [-0.1, -0.05) is 6.92 Å². The molecular formula is C15H20N2O4S. The Balaban J connectivity index is 3.25. The van der Waals surface area contributed by atoms with Crippen LogP contribution in [0.3, 0.4) is 0 Å². The summed E-state index contributed by atoms with van der Waals surface area (Å²) in [5, 5.41) is 18.7. The molecule has 7 heteroatoms. The van der Waals surface area contributed by atoms with E-state index in [1.807, 2.05) is 19.9 Å². The van der Waals surface area contributed by atoms with Gasteiger partial charge in [0.15, 0.2) is 0 Å². The second kappa shape index (κ2) is 7.80. The number of carboxylic acid groups (broad SMARTS) is 1. The molecule has 0 aromatic carbocycles. The third kappa shape index (κ3) is 3.98. The van der Waals surface area contributed by atoms with Gasteiger partial charge in [0.05, 0.1) is 24.2 Å². The normalized spacial score (nSPS) is 11.6. The van der Waals surface area contributed by atoms with Crippen LogP contribution in [0.4, 0.5) is 5.00 Å². The number of aliphatic carboxylic acids is 1. The van der Waals surface area contributed by atoms with E-state index < -0.39 is 17.9 Å². The molecule has 6 nitrogen and oxygen atoms in total. The molecular weight excluding hydrogens is 304 g/mol. The van der Waals surface area contributed by atoms with Crippen molar-refractivity contribution in [1.29, 1.82) is 5.26 Å². The number of carbonyl (C=O) groups is 2. The average Bonchev–Trinajstić information content (AvgIpc) is 2.74. The van der Waals surface area contributed by atoms with E-state index in [0.717, 1.165) is 10.4 Å². The van der Waals surface area contributed by atoms with Crippen molar-refractivity contribution in [3.8, 4) is 6.07 Å². The van der Waals surface area contributed by atoms with Crippen molar-refractivity contribution in [3.63, 3.8) is 0 Å². The van der Waals surface area contributed by atoms with Crippen molar-refractivity contribution in [2.75, 3.05) is 24.6 Å². The van der Waals surface area contributed by atoms with Gasteiger partial charge in [-0.25, -0.2) is 4.79 Å². The molecule has 120 valence electrons. The van der Waals surface area contributed by atoms with Gasteiger partial charge in [0.25, 0.3) is 0 Å². The molecule has 22 heavy (non-hydrogen) atoms. The van der Waals surface area contributed by atoms with Crippen molar-refractivity contribution >= 4 is 28.3 Å². The van der Waals surface area contributed by atoms with Gasteiger partial charge >= 0.3 is 11.9 Å². The number of hydrogen-bond donors (Lipinski definition) is 1. The van der Waals surface area contributed by atoms with Crippen LogP contribution in [0.1, 0.15) is 34.6 Å². The third-order valence-electron chi connectivity index (χ3n) is 3.31. The number of ether oxygens (including phenoxy) is 1. The Morgan fingerprint density at radius 2 is 2.09 bits per heavy atom. The molecule has 0 spiro atoms. The maximum atomic E-state index is 12.2. The maximum Gasteiger partial charge on any atom is 0.341 e. The van der Waals surface area contributed by atoms with E-state index in [9.17, 15) is 9.59 Å². The van der Waals surface area contributed by atoms with Gasteiger partial charge in [-0.2, -0.15) is 5.26 Å². The molecule has 1 aromatic heterocycles. The number of anilines is 1. The highest BCUT2D eigenvalue weighted by atomic mass is 32.1. The van der Waals surface area contributed by atoms with Gasteiger partial charge in [0.2, 0.25) is 0 Å². The minimum atomic E-state index is -0.939. The Hall–Kier alpha value is -2.07. The molecule has 0 bridgehead atoms. The largest absolute Gasteiger partial charge is 0.481 e. The summed E-state index contributed by atoms with van der Waals surface area (Å²) in [6, 6.07) is 2.02. The molecule has 1 atom stereocenters. The minimum Gasteiger partial charge on any atom is -0.481 e.